The molecule has 14 heavy (non-hydrogen) atoms. The van der Waals surface area contributed by atoms with E-state index >= 15 is 0 Å². The quantitative estimate of drug-likeness (QED) is 0.685. The number of nitrogen functional groups attached to an aromatic ring is 1. The van der Waals surface area contributed by atoms with Crippen LogP contribution in [-0.2, 0) is 4.84 Å². The molecule has 0 saturated carbocycles. The van der Waals surface area contributed by atoms with Crippen LogP contribution in [0.1, 0.15) is 0 Å². The Hall–Kier alpha value is -2.25. The lowest BCUT2D eigenvalue weighted by atomic mass is 10.3. The van der Waals surface area contributed by atoms with Crippen molar-refractivity contribution in [2.75, 3.05) is 12.8 Å². The Labute approximate surface area is 78.0 Å². The van der Waals surface area contributed by atoms with Gasteiger partial charge in [0.25, 0.3) is 9.85 Å². The van der Waals surface area contributed by atoms with Gasteiger partial charge >= 0.3 is 11.4 Å². The molecule has 1 aromatic heterocycles. The molecule has 0 aliphatic rings. The third-order valence-corrected chi connectivity index (χ3v) is 1.47. The minimum Gasteiger partial charge on any atom is -0.378 e. The molecule has 0 aliphatic heterocycles. The van der Waals surface area contributed by atoms with Crippen molar-refractivity contribution in [2.45, 2.75) is 0 Å². The van der Waals surface area contributed by atoms with Gasteiger partial charge in [-0.2, -0.15) is 0 Å². The van der Waals surface area contributed by atoms with Gasteiger partial charge in [-0.25, -0.2) is 15.0 Å². The van der Waals surface area contributed by atoms with Crippen LogP contribution in [0.3, 0.4) is 0 Å². The Balaban J connectivity index is 3.21. The second kappa shape index (κ2) is 3.64. The molecule has 0 fully saturated rings. The molecular weight excluding hydrogens is 192 g/mol. The molecule has 8 nitrogen and oxygen atoms in total. The standard InChI is InChI=1S/C6H8N4O4/c1-14-10(13)5-2-4(9(11)12)3-8-6(5)7/h2-3H,1H3,(H2,7,8)(H,11,12)/q+2. The first-order valence-electron chi connectivity index (χ1n) is 3.49. The van der Waals surface area contributed by atoms with E-state index in [-0.39, 0.29) is 22.1 Å². The van der Waals surface area contributed by atoms with E-state index in [1.54, 1.807) is 0 Å². The van der Waals surface area contributed by atoms with Crippen LogP contribution in [0.5, 0.6) is 0 Å². The number of nitrogens with zero attached hydrogens (tertiary/aromatic N) is 3. The first kappa shape index (κ1) is 9.84. The van der Waals surface area contributed by atoms with Crippen molar-refractivity contribution >= 4 is 17.2 Å². The third kappa shape index (κ3) is 1.73. The first-order chi connectivity index (χ1) is 6.56. The zero-order valence-corrected chi connectivity index (χ0v) is 7.25. The zero-order chi connectivity index (χ0) is 10.7. The second-order valence-corrected chi connectivity index (χ2v) is 2.31. The smallest absolute Gasteiger partial charge is 0.365 e. The van der Waals surface area contributed by atoms with Gasteiger partial charge in [-0.15, -0.1) is 0 Å². The number of hydrogen-bond acceptors (Lipinski definition) is 5. The normalized spacial score (nSPS) is 9.50. The van der Waals surface area contributed by atoms with E-state index in [1.807, 2.05) is 0 Å². The van der Waals surface area contributed by atoms with E-state index in [9.17, 15) is 9.81 Å². The van der Waals surface area contributed by atoms with E-state index in [4.69, 9.17) is 10.9 Å². The highest BCUT2D eigenvalue weighted by Crippen LogP contribution is 2.23. The van der Waals surface area contributed by atoms with Crippen LogP contribution in [0.2, 0.25) is 0 Å². The summed E-state index contributed by atoms with van der Waals surface area (Å²) in [5, 5.41) is 8.53. The fourth-order valence-corrected chi connectivity index (χ4v) is 0.802. The van der Waals surface area contributed by atoms with Gasteiger partial charge in [0.2, 0.25) is 5.82 Å². The number of pyridine rings is 1. The number of hydrogen-bond donors (Lipinski definition) is 2. The summed E-state index contributed by atoms with van der Waals surface area (Å²) in [4.78, 5) is 28.9. The lowest BCUT2D eigenvalue weighted by molar-refractivity contribution is -0.739. The van der Waals surface area contributed by atoms with Crippen molar-refractivity contribution in [2.24, 2.45) is 0 Å². The Kier molecular flexibility index (Phi) is 2.56. The van der Waals surface area contributed by atoms with Crippen molar-refractivity contribution in [1.29, 1.82) is 0 Å². The van der Waals surface area contributed by atoms with E-state index in [0.717, 1.165) is 19.4 Å². The number of nitrogens with two attached hydrogens (primary N) is 1. The van der Waals surface area contributed by atoms with Crippen molar-refractivity contribution < 1.29 is 19.9 Å². The predicted molar refractivity (Wildman–Crippen MR) is 44.0 cm³/mol. The summed E-state index contributed by atoms with van der Waals surface area (Å²) >= 11 is 0. The summed E-state index contributed by atoms with van der Waals surface area (Å²) in [7, 11) is 1.13. The second-order valence-electron chi connectivity index (χ2n) is 2.31. The fourth-order valence-electron chi connectivity index (χ4n) is 0.802. The Morgan fingerprint density at radius 1 is 1.57 bits per heavy atom. The van der Waals surface area contributed by atoms with Crippen molar-refractivity contribution in [1.82, 2.24) is 4.98 Å². The molecule has 1 rings (SSSR count). The van der Waals surface area contributed by atoms with Crippen molar-refractivity contribution in [3.05, 3.63) is 22.1 Å². The first-order valence-corrected chi connectivity index (χ1v) is 3.49. The minimum atomic E-state index is -0.431. The van der Waals surface area contributed by atoms with Gasteiger partial charge in [-0.05, 0) is 0 Å². The maximum Gasteiger partial charge on any atom is 0.365 e. The molecule has 1 heterocycles. The summed E-state index contributed by atoms with van der Waals surface area (Å²) in [6.45, 7) is 0. The molecule has 0 amide bonds. The predicted octanol–water partition coefficient (Wildman–Crippen LogP) is 0.435. The Morgan fingerprint density at radius 2 is 2.21 bits per heavy atom. The van der Waals surface area contributed by atoms with Crippen LogP contribution < -0.4 is 5.73 Å². The molecule has 0 unspecified atom stereocenters. The monoisotopic (exact) mass is 200 g/mol. The van der Waals surface area contributed by atoms with E-state index < -0.39 is 4.92 Å². The molecule has 1 aromatic rings. The van der Waals surface area contributed by atoms with Gasteiger partial charge in [0.05, 0.1) is 9.81 Å². The topological polar surface area (TPSA) is 109 Å². The third-order valence-electron chi connectivity index (χ3n) is 1.47. The maximum atomic E-state index is 11.0. The highest BCUT2D eigenvalue weighted by atomic mass is 16.8. The van der Waals surface area contributed by atoms with Crippen LogP contribution in [0.4, 0.5) is 17.2 Å². The molecule has 0 aliphatic carbocycles. The molecule has 74 valence electrons. The summed E-state index contributed by atoms with van der Waals surface area (Å²) in [6.07, 6.45) is 1.02. The molecule has 0 aromatic carbocycles. The summed E-state index contributed by atoms with van der Waals surface area (Å²) in [5.41, 5.74) is 4.96. The van der Waals surface area contributed by atoms with E-state index in [0.29, 0.717) is 0 Å². The van der Waals surface area contributed by atoms with E-state index in [1.165, 1.54) is 0 Å². The van der Waals surface area contributed by atoms with Gasteiger partial charge in [0.15, 0.2) is 7.11 Å². The lowest BCUT2D eigenvalue weighted by Gasteiger charge is -1.91. The van der Waals surface area contributed by atoms with Crippen LogP contribution in [0.25, 0.3) is 0 Å². The highest BCUT2D eigenvalue weighted by molar-refractivity contribution is 5.55. The highest BCUT2D eigenvalue weighted by Gasteiger charge is 2.26. The molecule has 8 heteroatoms. The van der Waals surface area contributed by atoms with Crippen LogP contribution in [0.15, 0.2) is 12.3 Å². The molecule has 0 atom stereocenters. The SMILES string of the molecule is CO[N+](=O)c1cc([N+](=O)O)cnc1N. The Bertz CT molecular complexity index is 391. The molecule has 0 radical (unpaired) electrons. The van der Waals surface area contributed by atoms with Crippen LogP contribution in [-0.4, -0.2) is 27.1 Å². The van der Waals surface area contributed by atoms with Crippen molar-refractivity contribution in [3.63, 3.8) is 0 Å². The summed E-state index contributed by atoms with van der Waals surface area (Å²) in [5.74, 6) is -0.104. The number of anilines is 1. The molecule has 0 spiro atoms. The number of rotatable bonds is 3. The van der Waals surface area contributed by atoms with Crippen LogP contribution in [0, 0.1) is 9.81 Å². The maximum absolute atomic E-state index is 11.0. The number of aromatic nitrogens is 1. The summed E-state index contributed by atoms with van der Waals surface area (Å²) < 4.78 is 0. The fraction of sp³-hybridized carbons (Fsp3) is 0.167. The van der Waals surface area contributed by atoms with Gasteiger partial charge in [0.1, 0.15) is 12.3 Å². The molecular formula is C6H8N4O4+2. The van der Waals surface area contributed by atoms with Gasteiger partial charge < -0.3 is 5.73 Å². The minimum absolute atomic E-state index is 0.0787. The van der Waals surface area contributed by atoms with Crippen LogP contribution >= 0.6 is 0 Å². The summed E-state index contributed by atoms with van der Waals surface area (Å²) in [6, 6.07) is 1.05. The lowest BCUT2D eigenvalue weighted by Crippen LogP contribution is -2.04. The van der Waals surface area contributed by atoms with E-state index in [2.05, 4.69) is 9.82 Å². The van der Waals surface area contributed by atoms with Gasteiger partial charge in [-0.1, -0.05) is 0 Å². The van der Waals surface area contributed by atoms with Gasteiger partial charge in [0, 0.05) is 0 Å². The largest absolute Gasteiger partial charge is 0.378 e. The Morgan fingerprint density at radius 3 is 2.71 bits per heavy atom. The molecule has 0 saturated heterocycles. The average Bonchev–Trinajstić information content (AvgIpc) is 2.17. The zero-order valence-electron chi connectivity index (χ0n) is 7.25. The van der Waals surface area contributed by atoms with Crippen molar-refractivity contribution in [3.8, 4) is 0 Å². The molecule has 3 N–H and O–H groups in total. The average molecular weight is 200 g/mol. The van der Waals surface area contributed by atoms with Gasteiger partial charge in [-0.3, -0.25) is 0 Å². The molecule has 0 bridgehead atoms.